The molecule has 0 N–H and O–H groups in total. The van der Waals surface area contributed by atoms with E-state index < -0.39 is 0 Å². The molecule has 2 aliphatic rings. The molecule has 53 heavy (non-hydrogen) atoms. The maximum absolute atomic E-state index is 9.48. The minimum Gasteiger partial charge on any atom is -0.208 e. The topological polar surface area (TPSA) is 62.5 Å². The predicted molar refractivity (Wildman–Crippen MR) is 216 cm³/mol. The van der Waals surface area contributed by atoms with E-state index in [0.29, 0.717) is 23.0 Å². The Bertz CT molecular complexity index is 2460. The van der Waals surface area contributed by atoms with Gasteiger partial charge in [-0.05, 0) is 130 Å². The summed E-state index contributed by atoms with van der Waals surface area (Å²) in [5.74, 6) is 4.30. The van der Waals surface area contributed by atoms with Crippen molar-refractivity contribution in [1.29, 1.82) is 5.26 Å². The number of benzene rings is 6. The van der Waals surface area contributed by atoms with Crippen LogP contribution in [0, 0.1) is 29.1 Å². The van der Waals surface area contributed by atoms with Crippen LogP contribution < -0.4 is 0 Å². The van der Waals surface area contributed by atoms with Crippen LogP contribution in [0.15, 0.2) is 140 Å². The Balaban J connectivity index is 1.18. The molecule has 2 fully saturated rings. The van der Waals surface area contributed by atoms with E-state index in [2.05, 4.69) is 117 Å². The van der Waals surface area contributed by atoms with Crippen molar-refractivity contribution in [3.8, 4) is 62.5 Å². The monoisotopic (exact) mass is 686 g/mol. The third kappa shape index (κ3) is 6.53. The molecule has 0 aliphatic heterocycles. The summed E-state index contributed by atoms with van der Waals surface area (Å²) in [5.41, 5.74) is 9.46. The van der Waals surface area contributed by atoms with Crippen LogP contribution >= 0.6 is 0 Å². The summed E-state index contributed by atoms with van der Waals surface area (Å²) in [6.45, 7) is 4.90. The van der Waals surface area contributed by atoms with Gasteiger partial charge in [-0.15, -0.1) is 0 Å². The molecular formula is C49H42N4. The van der Waals surface area contributed by atoms with E-state index in [1.54, 1.807) is 0 Å². The van der Waals surface area contributed by atoms with E-state index in [4.69, 9.17) is 15.0 Å². The molecule has 1 heterocycles. The highest BCUT2D eigenvalue weighted by Crippen LogP contribution is 2.54. The normalized spacial score (nSPS) is 20.9. The highest BCUT2D eigenvalue weighted by Gasteiger charge is 2.45. The Morgan fingerprint density at radius 1 is 0.491 bits per heavy atom. The standard InChI is InChI=1S/C49H42N4/c1-32-22-35-23-33(2)29-49(28-32,30-35)45-20-18-39(19-21-45)47-51-46(38-9-4-3-5-10-38)52-48(53-47)44-26-42(37-14-12-34(31-50)13-15-37)25-43(27-44)41-17-16-36-8-6-7-11-40(36)24-41/h3-21,24-27,32-33,35H,22-23,28-30H2,1-2H3/t32-,33+,35-,49?. The molecule has 258 valence electrons. The molecule has 0 amide bonds. The van der Waals surface area contributed by atoms with Gasteiger partial charge in [0.15, 0.2) is 17.5 Å². The zero-order chi connectivity index (χ0) is 35.9. The third-order valence-corrected chi connectivity index (χ3v) is 11.7. The molecule has 0 radical (unpaired) electrons. The average molecular weight is 687 g/mol. The van der Waals surface area contributed by atoms with Crippen LogP contribution in [0.25, 0.3) is 67.2 Å². The lowest BCUT2D eigenvalue weighted by atomic mass is 9.54. The van der Waals surface area contributed by atoms with Gasteiger partial charge in [0, 0.05) is 16.7 Å². The van der Waals surface area contributed by atoms with Gasteiger partial charge in [0.25, 0.3) is 0 Å². The zero-order valence-corrected chi connectivity index (χ0v) is 30.3. The fourth-order valence-electron chi connectivity index (χ4n) is 9.58. The van der Waals surface area contributed by atoms with E-state index in [1.807, 2.05) is 42.5 Å². The van der Waals surface area contributed by atoms with E-state index >= 15 is 0 Å². The van der Waals surface area contributed by atoms with Gasteiger partial charge in [-0.25, -0.2) is 15.0 Å². The molecule has 0 spiro atoms. The Hall–Kier alpha value is -5.92. The van der Waals surface area contributed by atoms with Gasteiger partial charge in [0.2, 0.25) is 0 Å². The van der Waals surface area contributed by atoms with Gasteiger partial charge in [-0.1, -0.05) is 117 Å². The Morgan fingerprint density at radius 3 is 1.68 bits per heavy atom. The summed E-state index contributed by atoms with van der Waals surface area (Å²) in [7, 11) is 0. The molecule has 7 aromatic rings. The summed E-state index contributed by atoms with van der Waals surface area (Å²) in [5, 5.41) is 11.9. The number of hydrogen-bond donors (Lipinski definition) is 0. The van der Waals surface area contributed by atoms with Crippen LogP contribution in [0.4, 0.5) is 0 Å². The van der Waals surface area contributed by atoms with E-state index in [9.17, 15) is 5.26 Å². The van der Waals surface area contributed by atoms with Crippen LogP contribution in [0.5, 0.6) is 0 Å². The second-order valence-electron chi connectivity index (χ2n) is 15.7. The van der Waals surface area contributed by atoms with Gasteiger partial charge < -0.3 is 0 Å². The van der Waals surface area contributed by atoms with Gasteiger partial charge in [0.05, 0.1) is 11.6 Å². The maximum Gasteiger partial charge on any atom is 0.164 e. The summed E-state index contributed by atoms with van der Waals surface area (Å²) >= 11 is 0. The van der Waals surface area contributed by atoms with Crippen molar-refractivity contribution in [2.45, 2.75) is 51.4 Å². The first-order valence-corrected chi connectivity index (χ1v) is 19.0. The molecule has 6 aromatic carbocycles. The van der Waals surface area contributed by atoms with Crippen LogP contribution in [-0.2, 0) is 5.41 Å². The van der Waals surface area contributed by atoms with E-state index in [-0.39, 0.29) is 5.41 Å². The summed E-state index contributed by atoms with van der Waals surface area (Å²) in [6.07, 6.45) is 6.60. The average Bonchev–Trinajstić information content (AvgIpc) is 3.20. The van der Waals surface area contributed by atoms with E-state index in [1.165, 1.54) is 48.4 Å². The number of nitrogens with zero attached hydrogens (tertiary/aromatic N) is 4. The molecule has 2 bridgehead atoms. The number of fused-ring (bicyclic) bond motifs is 3. The van der Waals surface area contributed by atoms with Crippen molar-refractivity contribution in [1.82, 2.24) is 15.0 Å². The molecule has 0 saturated heterocycles. The summed E-state index contributed by atoms with van der Waals surface area (Å²) in [6, 6.07) is 51.0. The van der Waals surface area contributed by atoms with Gasteiger partial charge in [-0.2, -0.15) is 5.26 Å². The first-order chi connectivity index (χ1) is 25.9. The fourth-order valence-corrected chi connectivity index (χ4v) is 9.58. The van der Waals surface area contributed by atoms with Crippen LogP contribution in [0.1, 0.15) is 57.1 Å². The zero-order valence-electron chi connectivity index (χ0n) is 30.3. The molecule has 2 saturated carbocycles. The van der Waals surface area contributed by atoms with Gasteiger partial charge in [0.1, 0.15) is 0 Å². The Kier molecular flexibility index (Phi) is 8.43. The van der Waals surface area contributed by atoms with E-state index in [0.717, 1.165) is 56.7 Å². The summed E-state index contributed by atoms with van der Waals surface area (Å²) in [4.78, 5) is 15.4. The second-order valence-corrected chi connectivity index (χ2v) is 15.7. The SMILES string of the molecule is C[C@@H]1C[C@@H]2C[C@H](C)CC(c3ccc(-c4nc(-c5ccccc5)nc(-c5cc(-c6ccc(C#N)cc6)cc(-c6ccc7ccccc7c6)c5)n4)cc3)(C1)C2. The molecule has 4 atom stereocenters. The number of hydrogen-bond acceptors (Lipinski definition) is 4. The van der Waals surface area contributed by atoms with Crippen molar-refractivity contribution in [2.24, 2.45) is 17.8 Å². The largest absolute Gasteiger partial charge is 0.208 e. The molecular weight excluding hydrogens is 645 g/mol. The molecule has 2 aliphatic carbocycles. The molecule has 4 nitrogen and oxygen atoms in total. The lowest BCUT2D eigenvalue weighted by Gasteiger charge is -2.50. The highest BCUT2D eigenvalue weighted by atomic mass is 15.0. The van der Waals surface area contributed by atoms with Crippen molar-refractivity contribution < 1.29 is 0 Å². The van der Waals surface area contributed by atoms with Crippen molar-refractivity contribution in [2.75, 3.05) is 0 Å². The molecule has 1 aromatic heterocycles. The van der Waals surface area contributed by atoms with Crippen LogP contribution in [0.3, 0.4) is 0 Å². The lowest BCUT2D eigenvalue weighted by Crippen LogP contribution is -2.42. The highest BCUT2D eigenvalue weighted by molar-refractivity contribution is 5.89. The molecule has 4 heteroatoms. The molecule has 1 unspecified atom stereocenters. The maximum atomic E-state index is 9.48. The fraction of sp³-hybridized carbons (Fsp3) is 0.224. The third-order valence-electron chi connectivity index (χ3n) is 11.7. The Morgan fingerprint density at radius 2 is 1.02 bits per heavy atom. The van der Waals surface area contributed by atoms with Crippen LogP contribution in [0.2, 0.25) is 0 Å². The minimum absolute atomic E-state index is 0.267. The van der Waals surface area contributed by atoms with Crippen molar-refractivity contribution in [3.05, 3.63) is 151 Å². The smallest absolute Gasteiger partial charge is 0.164 e. The number of nitriles is 1. The first kappa shape index (κ1) is 33.0. The minimum atomic E-state index is 0.267. The number of aromatic nitrogens is 3. The lowest BCUT2D eigenvalue weighted by molar-refractivity contribution is 0.0780. The summed E-state index contributed by atoms with van der Waals surface area (Å²) < 4.78 is 0. The van der Waals surface area contributed by atoms with Gasteiger partial charge >= 0.3 is 0 Å². The van der Waals surface area contributed by atoms with Crippen molar-refractivity contribution >= 4 is 10.8 Å². The molecule has 9 rings (SSSR count). The first-order valence-electron chi connectivity index (χ1n) is 19.0. The quantitative estimate of drug-likeness (QED) is 0.175. The predicted octanol–water partition coefficient (Wildman–Crippen LogP) is 12.3. The van der Waals surface area contributed by atoms with Crippen molar-refractivity contribution in [3.63, 3.8) is 0 Å². The second kappa shape index (κ2) is 13.6. The Labute approximate surface area is 312 Å². The van der Waals surface area contributed by atoms with Crippen LogP contribution in [-0.4, -0.2) is 15.0 Å². The number of rotatable bonds is 6. The van der Waals surface area contributed by atoms with Gasteiger partial charge in [-0.3, -0.25) is 0 Å².